The molecule has 0 atom stereocenters. The van der Waals surface area contributed by atoms with Crippen molar-refractivity contribution in [1.82, 2.24) is 5.32 Å². The van der Waals surface area contributed by atoms with Crippen molar-refractivity contribution in [3.63, 3.8) is 0 Å². The average molecular weight is 193 g/mol. The zero-order chi connectivity index (χ0) is 11.0. The Bertz CT molecular complexity index is 330. The SMILES string of the molecule is CCOC(=O)NC(=O)C=C(C#N)C#N. The maximum absolute atomic E-state index is 10.9. The van der Waals surface area contributed by atoms with Crippen LogP contribution in [0.3, 0.4) is 0 Å². The van der Waals surface area contributed by atoms with Crippen LogP contribution < -0.4 is 5.32 Å². The summed E-state index contributed by atoms with van der Waals surface area (Å²) in [4.78, 5) is 21.5. The van der Waals surface area contributed by atoms with Crippen LogP contribution in [0.2, 0.25) is 0 Å². The first-order chi connectivity index (χ1) is 6.63. The highest BCUT2D eigenvalue weighted by Crippen LogP contribution is 1.88. The van der Waals surface area contributed by atoms with Crippen molar-refractivity contribution in [1.29, 1.82) is 10.5 Å². The summed E-state index contributed by atoms with van der Waals surface area (Å²) >= 11 is 0. The smallest absolute Gasteiger partial charge is 0.414 e. The summed E-state index contributed by atoms with van der Waals surface area (Å²) in [6.45, 7) is 1.71. The van der Waals surface area contributed by atoms with Crippen LogP contribution in [0.5, 0.6) is 0 Å². The molecule has 1 N–H and O–H groups in total. The van der Waals surface area contributed by atoms with Gasteiger partial charge < -0.3 is 4.74 Å². The van der Waals surface area contributed by atoms with Gasteiger partial charge in [0.1, 0.15) is 17.7 Å². The van der Waals surface area contributed by atoms with Gasteiger partial charge in [-0.25, -0.2) is 4.79 Å². The lowest BCUT2D eigenvalue weighted by atomic mass is 10.3. The van der Waals surface area contributed by atoms with Crippen molar-refractivity contribution in [3.8, 4) is 12.1 Å². The van der Waals surface area contributed by atoms with Gasteiger partial charge in [-0.3, -0.25) is 10.1 Å². The van der Waals surface area contributed by atoms with Crippen LogP contribution in [0, 0.1) is 22.7 Å². The molecule has 6 nitrogen and oxygen atoms in total. The largest absolute Gasteiger partial charge is 0.450 e. The number of alkyl carbamates (subject to hydrolysis) is 1. The van der Waals surface area contributed by atoms with E-state index < -0.39 is 12.0 Å². The lowest BCUT2D eigenvalue weighted by molar-refractivity contribution is -0.115. The van der Waals surface area contributed by atoms with E-state index in [0.717, 1.165) is 6.08 Å². The highest BCUT2D eigenvalue weighted by atomic mass is 16.5. The first-order valence-electron chi connectivity index (χ1n) is 3.63. The monoisotopic (exact) mass is 193 g/mol. The Labute approximate surface area is 80.4 Å². The van der Waals surface area contributed by atoms with E-state index in [1.807, 2.05) is 0 Å². The minimum absolute atomic E-state index is 0.131. The summed E-state index contributed by atoms with van der Waals surface area (Å²) in [6.07, 6.45) is -0.194. The number of allylic oxidation sites excluding steroid dienone is 1. The highest BCUT2D eigenvalue weighted by molar-refractivity contribution is 5.99. The van der Waals surface area contributed by atoms with E-state index in [-0.39, 0.29) is 12.2 Å². The zero-order valence-corrected chi connectivity index (χ0v) is 7.40. The normalized spacial score (nSPS) is 7.64. The molecule has 0 aromatic heterocycles. The summed E-state index contributed by atoms with van der Waals surface area (Å²) in [5.41, 5.74) is -0.383. The zero-order valence-electron chi connectivity index (χ0n) is 7.40. The van der Waals surface area contributed by atoms with E-state index in [4.69, 9.17) is 10.5 Å². The lowest BCUT2D eigenvalue weighted by Crippen LogP contribution is -2.29. The third-order valence-corrected chi connectivity index (χ3v) is 1.02. The summed E-state index contributed by atoms with van der Waals surface area (Å²) in [7, 11) is 0. The predicted octanol–water partition coefficient (Wildman–Crippen LogP) is 0.233. The Morgan fingerprint density at radius 2 is 2.00 bits per heavy atom. The molecule has 0 rings (SSSR count). The highest BCUT2D eigenvalue weighted by Gasteiger charge is 2.06. The molecule has 0 aliphatic carbocycles. The number of rotatable bonds is 2. The Morgan fingerprint density at radius 1 is 1.43 bits per heavy atom. The molecule has 0 aromatic rings. The Balaban J connectivity index is 4.26. The summed E-state index contributed by atoms with van der Waals surface area (Å²) < 4.78 is 4.40. The molecule has 0 bridgehead atoms. The van der Waals surface area contributed by atoms with Gasteiger partial charge in [-0.1, -0.05) is 0 Å². The number of amides is 2. The quantitative estimate of drug-likeness (QED) is 0.499. The predicted molar refractivity (Wildman–Crippen MR) is 44.5 cm³/mol. The second-order valence-electron chi connectivity index (χ2n) is 1.99. The summed E-state index contributed by atoms with van der Waals surface area (Å²) in [6, 6.07) is 2.95. The van der Waals surface area contributed by atoms with Gasteiger partial charge in [-0.2, -0.15) is 10.5 Å². The van der Waals surface area contributed by atoms with Gasteiger partial charge in [0.05, 0.1) is 6.61 Å². The minimum atomic E-state index is -0.913. The van der Waals surface area contributed by atoms with E-state index in [9.17, 15) is 9.59 Å². The Morgan fingerprint density at radius 3 is 2.43 bits per heavy atom. The van der Waals surface area contributed by atoms with Crippen LogP contribution >= 0.6 is 0 Å². The van der Waals surface area contributed by atoms with Gasteiger partial charge in [-0.15, -0.1) is 0 Å². The van der Waals surface area contributed by atoms with Crippen LogP contribution in [0.15, 0.2) is 11.6 Å². The number of carbonyl (C=O) groups excluding carboxylic acids is 2. The maximum atomic E-state index is 10.9. The first kappa shape index (κ1) is 11.7. The van der Waals surface area contributed by atoms with Crippen LogP contribution in [-0.2, 0) is 9.53 Å². The second-order valence-corrected chi connectivity index (χ2v) is 1.99. The van der Waals surface area contributed by atoms with Gasteiger partial charge in [0, 0.05) is 6.08 Å². The van der Waals surface area contributed by atoms with Crippen LogP contribution in [0.1, 0.15) is 6.92 Å². The van der Waals surface area contributed by atoms with Crippen LogP contribution in [0.25, 0.3) is 0 Å². The fraction of sp³-hybridized carbons (Fsp3) is 0.250. The number of imide groups is 1. The van der Waals surface area contributed by atoms with Crippen molar-refractivity contribution < 1.29 is 14.3 Å². The summed E-state index contributed by atoms with van der Waals surface area (Å²) in [5, 5.41) is 18.4. The third kappa shape index (κ3) is 4.52. The molecule has 72 valence electrons. The molecule has 0 radical (unpaired) electrons. The molecule has 0 saturated heterocycles. The maximum Gasteiger partial charge on any atom is 0.414 e. The topological polar surface area (TPSA) is 103 Å². The molecule has 0 unspecified atom stereocenters. The fourth-order valence-corrected chi connectivity index (χ4v) is 0.524. The van der Waals surface area contributed by atoms with Gasteiger partial charge in [0.25, 0.3) is 5.91 Å². The van der Waals surface area contributed by atoms with Crippen molar-refractivity contribution in [2.45, 2.75) is 6.92 Å². The molecular weight excluding hydrogens is 186 g/mol. The molecule has 0 aromatic carbocycles. The Kier molecular flexibility index (Phi) is 5.17. The molecule has 0 fully saturated rings. The van der Waals surface area contributed by atoms with Crippen LogP contribution in [-0.4, -0.2) is 18.6 Å². The molecule has 0 aliphatic rings. The minimum Gasteiger partial charge on any atom is -0.450 e. The van der Waals surface area contributed by atoms with Gasteiger partial charge in [0.2, 0.25) is 0 Å². The van der Waals surface area contributed by atoms with Gasteiger partial charge in [0.15, 0.2) is 0 Å². The molecule has 0 heterocycles. The van der Waals surface area contributed by atoms with Gasteiger partial charge in [-0.05, 0) is 6.92 Å². The standard InChI is InChI=1S/C8H7N3O3/c1-2-14-8(13)11-7(12)3-6(4-9)5-10/h3H,2H2,1H3,(H,11,12,13). The molecule has 2 amide bonds. The van der Waals surface area contributed by atoms with Crippen LogP contribution in [0.4, 0.5) is 4.79 Å². The van der Waals surface area contributed by atoms with Crippen molar-refractivity contribution >= 4 is 12.0 Å². The molecule has 0 spiro atoms. The van der Waals surface area contributed by atoms with E-state index in [0.29, 0.717) is 0 Å². The Hall–Kier alpha value is -2.34. The number of nitrogens with one attached hydrogen (secondary N) is 1. The number of hydrogen-bond donors (Lipinski definition) is 1. The third-order valence-electron chi connectivity index (χ3n) is 1.02. The number of nitriles is 2. The number of hydrogen-bond acceptors (Lipinski definition) is 5. The van der Waals surface area contributed by atoms with Crippen molar-refractivity contribution in [2.75, 3.05) is 6.61 Å². The van der Waals surface area contributed by atoms with E-state index in [2.05, 4.69) is 4.74 Å². The summed E-state index contributed by atoms with van der Waals surface area (Å²) in [5.74, 6) is -0.860. The number of nitrogens with zero attached hydrogens (tertiary/aromatic N) is 2. The van der Waals surface area contributed by atoms with Gasteiger partial charge >= 0.3 is 6.09 Å². The number of carbonyl (C=O) groups is 2. The molecule has 14 heavy (non-hydrogen) atoms. The van der Waals surface area contributed by atoms with Crippen molar-refractivity contribution in [2.24, 2.45) is 0 Å². The lowest BCUT2D eigenvalue weighted by Gasteiger charge is -1.99. The van der Waals surface area contributed by atoms with E-state index in [1.165, 1.54) is 12.1 Å². The number of ether oxygens (including phenoxy) is 1. The molecule has 6 heteroatoms. The second kappa shape index (κ2) is 6.21. The van der Waals surface area contributed by atoms with Crippen molar-refractivity contribution in [3.05, 3.63) is 11.6 Å². The average Bonchev–Trinajstić information content (AvgIpc) is 2.14. The van der Waals surface area contributed by atoms with E-state index in [1.54, 1.807) is 12.2 Å². The van der Waals surface area contributed by atoms with E-state index >= 15 is 0 Å². The molecule has 0 aliphatic heterocycles. The fourth-order valence-electron chi connectivity index (χ4n) is 0.524. The molecular formula is C8H7N3O3. The molecule has 0 saturated carbocycles. The first-order valence-corrected chi connectivity index (χ1v) is 3.63.